The molecule has 2 nitrogen and oxygen atoms in total. The molecule has 1 rings (SSSR count). The predicted octanol–water partition coefficient (Wildman–Crippen LogP) is 3.81. The van der Waals surface area contributed by atoms with Crippen molar-refractivity contribution in [3.05, 3.63) is 30.1 Å². The van der Waals surface area contributed by atoms with Crippen LogP contribution in [0, 0.1) is 11.7 Å². The summed E-state index contributed by atoms with van der Waals surface area (Å²) in [6.45, 7) is 7.15. The third-order valence-corrected chi connectivity index (χ3v) is 3.77. The molecule has 1 aromatic rings. The smallest absolute Gasteiger partial charge is 0.123 e. The van der Waals surface area contributed by atoms with Crippen LogP contribution in [0.15, 0.2) is 24.3 Å². The fourth-order valence-corrected chi connectivity index (χ4v) is 2.48. The highest BCUT2D eigenvalue weighted by atomic mass is 19.1. The largest absolute Gasteiger partial charge is 0.372 e. The van der Waals surface area contributed by atoms with Gasteiger partial charge in [0.1, 0.15) is 5.82 Å². The molecule has 0 aliphatic heterocycles. The Bertz CT molecular complexity index is 337. The Balaban J connectivity index is 2.42. The molecule has 0 aliphatic carbocycles. The highest BCUT2D eigenvalue weighted by molar-refractivity contribution is 5.45. The third-order valence-electron chi connectivity index (χ3n) is 3.77. The Morgan fingerprint density at radius 1 is 1.16 bits per heavy atom. The van der Waals surface area contributed by atoms with Crippen LogP contribution in [-0.2, 0) is 0 Å². The number of nitrogens with zero attached hydrogens (tertiary/aromatic N) is 1. The molecule has 108 valence electrons. The lowest BCUT2D eigenvalue weighted by Gasteiger charge is -2.24. The minimum atomic E-state index is -0.172. The Labute approximate surface area is 116 Å². The maximum Gasteiger partial charge on any atom is 0.123 e. The molecule has 0 aromatic heterocycles. The van der Waals surface area contributed by atoms with Gasteiger partial charge in [-0.2, -0.15) is 0 Å². The van der Waals surface area contributed by atoms with Crippen LogP contribution in [0.5, 0.6) is 0 Å². The number of hydrogen-bond acceptors (Lipinski definition) is 2. The monoisotopic (exact) mass is 266 g/mol. The van der Waals surface area contributed by atoms with Crippen molar-refractivity contribution in [3.63, 3.8) is 0 Å². The number of rotatable bonds is 9. The lowest BCUT2D eigenvalue weighted by Crippen LogP contribution is -2.24. The van der Waals surface area contributed by atoms with Crippen molar-refractivity contribution in [2.24, 2.45) is 11.7 Å². The van der Waals surface area contributed by atoms with Gasteiger partial charge in [0, 0.05) is 18.8 Å². The molecule has 0 bridgehead atoms. The van der Waals surface area contributed by atoms with Gasteiger partial charge in [-0.05, 0) is 62.9 Å². The van der Waals surface area contributed by atoms with Gasteiger partial charge >= 0.3 is 0 Å². The fraction of sp³-hybridized carbons (Fsp3) is 0.625. The average Bonchev–Trinajstić information content (AvgIpc) is 2.43. The van der Waals surface area contributed by atoms with E-state index in [1.807, 2.05) is 12.1 Å². The number of nitrogens with two attached hydrogens (primary N) is 1. The minimum Gasteiger partial charge on any atom is -0.372 e. The van der Waals surface area contributed by atoms with E-state index < -0.39 is 0 Å². The molecule has 1 atom stereocenters. The van der Waals surface area contributed by atoms with Crippen LogP contribution in [0.4, 0.5) is 10.1 Å². The average molecular weight is 266 g/mol. The van der Waals surface area contributed by atoms with Crippen LogP contribution in [0.25, 0.3) is 0 Å². The quantitative estimate of drug-likeness (QED) is 0.736. The second kappa shape index (κ2) is 8.92. The number of hydrogen-bond donors (Lipinski definition) is 1. The van der Waals surface area contributed by atoms with Crippen LogP contribution >= 0.6 is 0 Å². The van der Waals surface area contributed by atoms with Gasteiger partial charge in [-0.15, -0.1) is 0 Å². The van der Waals surface area contributed by atoms with Crippen LogP contribution in [-0.4, -0.2) is 19.6 Å². The second-order valence-electron chi connectivity index (χ2n) is 5.05. The first-order valence-corrected chi connectivity index (χ1v) is 7.41. The Morgan fingerprint density at radius 3 is 2.37 bits per heavy atom. The van der Waals surface area contributed by atoms with E-state index in [0.29, 0.717) is 0 Å². The first-order valence-electron chi connectivity index (χ1n) is 7.41. The predicted molar refractivity (Wildman–Crippen MR) is 81.0 cm³/mol. The maximum atomic E-state index is 12.9. The van der Waals surface area contributed by atoms with Crippen molar-refractivity contribution in [1.29, 1.82) is 0 Å². The fourth-order valence-electron chi connectivity index (χ4n) is 2.48. The summed E-state index contributed by atoms with van der Waals surface area (Å²) in [6, 6.07) is 6.77. The van der Waals surface area contributed by atoms with Gasteiger partial charge in [-0.25, -0.2) is 4.39 Å². The van der Waals surface area contributed by atoms with Crippen molar-refractivity contribution in [2.75, 3.05) is 24.5 Å². The highest BCUT2D eigenvalue weighted by Crippen LogP contribution is 2.18. The molecule has 0 saturated carbocycles. The normalized spacial score (nSPS) is 12.4. The van der Waals surface area contributed by atoms with Gasteiger partial charge in [0.2, 0.25) is 0 Å². The van der Waals surface area contributed by atoms with E-state index in [2.05, 4.69) is 18.7 Å². The van der Waals surface area contributed by atoms with Gasteiger partial charge < -0.3 is 10.6 Å². The SMILES string of the molecule is CCC(CCN)CCCN(CC)c1ccc(F)cc1. The zero-order chi connectivity index (χ0) is 14.1. The van der Waals surface area contributed by atoms with Crippen LogP contribution in [0.2, 0.25) is 0 Å². The van der Waals surface area contributed by atoms with Gasteiger partial charge in [0.25, 0.3) is 0 Å². The minimum absolute atomic E-state index is 0.172. The Kier molecular flexibility index (Phi) is 7.49. The van der Waals surface area contributed by atoms with Crippen LogP contribution in [0.1, 0.15) is 39.5 Å². The first-order chi connectivity index (χ1) is 9.21. The molecule has 1 aromatic carbocycles. The summed E-state index contributed by atoms with van der Waals surface area (Å²) in [5, 5.41) is 0. The number of benzene rings is 1. The molecule has 3 heteroatoms. The van der Waals surface area contributed by atoms with Crippen molar-refractivity contribution in [2.45, 2.75) is 39.5 Å². The van der Waals surface area contributed by atoms with Gasteiger partial charge in [0.15, 0.2) is 0 Å². The summed E-state index contributed by atoms with van der Waals surface area (Å²) in [7, 11) is 0. The summed E-state index contributed by atoms with van der Waals surface area (Å²) in [5.41, 5.74) is 6.73. The molecule has 0 fully saturated rings. The summed E-state index contributed by atoms with van der Waals surface area (Å²) >= 11 is 0. The molecule has 19 heavy (non-hydrogen) atoms. The van der Waals surface area contributed by atoms with E-state index in [0.717, 1.165) is 37.7 Å². The van der Waals surface area contributed by atoms with E-state index >= 15 is 0 Å². The molecule has 0 amide bonds. The van der Waals surface area contributed by atoms with Crippen molar-refractivity contribution in [3.8, 4) is 0 Å². The third kappa shape index (κ3) is 5.60. The van der Waals surface area contributed by atoms with E-state index in [9.17, 15) is 4.39 Å². The Hall–Kier alpha value is -1.09. The molecular weight excluding hydrogens is 239 g/mol. The Morgan fingerprint density at radius 2 is 1.84 bits per heavy atom. The van der Waals surface area contributed by atoms with Gasteiger partial charge in [0.05, 0.1) is 0 Å². The highest BCUT2D eigenvalue weighted by Gasteiger charge is 2.08. The molecule has 2 N–H and O–H groups in total. The summed E-state index contributed by atoms with van der Waals surface area (Å²) in [6.07, 6.45) is 4.73. The molecule has 0 spiro atoms. The van der Waals surface area contributed by atoms with Crippen LogP contribution in [0.3, 0.4) is 0 Å². The first kappa shape index (κ1) is 16.0. The molecular formula is C16H27FN2. The van der Waals surface area contributed by atoms with Crippen molar-refractivity contribution >= 4 is 5.69 Å². The van der Waals surface area contributed by atoms with Crippen LogP contribution < -0.4 is 10.6 Å². The number of halogens is 1. The molecule has 0 saturated heterocycles. The molecule has 1 unspecified atom stereocenters. The zero-order valence-electron chi connectivity index (χ0n) is 12.2. The molecule has 0 aliphatic rings. The van der Waals surface area contributed by atoms with Gasteiger partial charge in [-0.3, -0.25) is 0 Å². The lowest BCUT2D eigenvalue weighted by atomic mass is 9.96. The standard InChI is InChI=1S/C16H27FN2/c1-3-14(11-12-18)6-5-13-19(4-2)16-9-7-15(17)8-10-16/h7-10,14H,3-6,11-13,18H2,1-2H3. The summed E-state index contributed by atoms with van der Waals surface area (Å²) in [5.74, 6) is 0.575. The maximum absolute atomic E-state index is 12.9. The van der Waals surface area contributed by atoms with E-state index in [1.54, 1.807) is 0 Å². The lowest BCUT2D eigenvalue weighted by molar-refractivity contribution is 0.429. The summed E-state index contributed by atoms with van der Waals surface area (Å²) < 4.78 is 12.9. The second-order valence-corrected chi connectivity index (χ2v) is 5.05. The zero-order valence-corrected chi connectivity index (χ0v) is 12.2. The summed E-state index contributed by atoms with van der Waals surface area (Å²) in [4.78, 5) is 2.30. The van der Waals surface area contributed by atoms with E-state index in [-0.39, 0.29) is 5.82 Å². The number of anilines is 1. The molecule has 0 radical (unpaired) electrons. The van der Waals surface area contributed by atoms with E-state index in [4.69, 9.17) is 5.73 Å². The van der Waals surface area contributed by atoms with E-state index in [1.165, 1.54) is 31.4 Å². The van der Waals surface area contributed by atoms with Gasteiger partial charge in [-0.1, -0.05) is 13.3 Å². The van der Waals surface area contributed by atoms with Crippen molar-refractivity contribution in [1.82, 2.24) is 0 Å². The molecule has 0 heterocycles. The van der Waals surface area contributed by atoms with Crippen molar-refractivity contribution < 1.29 is 4.39 Å². The topological polar surface area (TPSA) is 29.3 Å².